The van der Waals surface area contributed by atoms with Crippen LogP contribution in [0.3, 0.4) is 0 Å². The zero-order valence-electron chi connectivity index (χ0n) is 13.4. The molecule has 2 heterocycles. The topological polar surface area (TPSA) is 73.3 Å². The summed E-state index contributed by atoms with van der Waals surface area (Å²) in [5, 5.41) is 0.735. The van der Waals surface area contributed by atoms with Gasteiger partial charge in [0.2, 0.25) is 5.88 Å². The molecule has 0 bridgehead atoms. The molecule has 3 rings (SSSR count). The summed E-state index contributed by atoms with van der Waals surface area (Å²) in [6.07, 6.45) is 7.47. The van der Waals surface area contributed by atoms with E-state index in [1.165, 1.54) is 25.2 Å². The predicted octanol–water partition coefficient (Wildman–Crippen LogP) is 3.97. The molecule has 1 aliphatic rings. The Balaban J connectivity index is 1.56. The van der Waals surface area contributed by atoms with Crippen molar-refractivity contribution < 1.29 is 14.4 Å². The van der Waals surface area contributed by atoms with Crippen LogP contribution in [0.4, 0.5) is 0 Å². The highest BCUT2D eigenvalue weighted by atomic mass is 35.5. The van der Waals surface area contributed by atoms with Crippen LogP contribution < -0.4 is 10.2 Å². The van der Waals surface area contributed by atoms with E-state index in [0.29, 0.717) is 21.5 Å². The lowest BCUT2D eigenvalue weighted by molar-refractivity contribution is 0.0228. The van der Waals surface area contributed by atoms with E-state index in [1.54, 1.807) is 18.2 Å². The summed E-state index contributed by atoms with van der Waals surface area (Å²) in [6.45, 7) is 0.0180. The van der Waals surface area contributed by atoms with Gasteiger partial charge >= 0.3 is 0 Å². The number of nitrogens with zero attached hydrogens (tertiary/aromatic N) is 2. The highest BCUT2D eigenvalue weighted by molar-refractivity contribution is 6.35. The first-order valence-electron chi connectivity index (χ1n) is 7.97. The molecule has 0 spiro atoms. The summed E-state index contributed by atoms with van der Waals surface area (Å²) in [4.78, 5) is 25.4. The van der Waals surface area contributed by atoms with Crippen molar-refractivity contribution in [3.8, 4) is 5.88 Å². The Bertz CT molecular complexity index is 731. The Kier molecular flexibility index (Phi) is 6.07. The fourth-order valence-corrected chi connectivity index (χ4v) is 3.06. The lowest BCUT2D eigenvalue weighted by Crippen LogP contribution is -2.25. The molecular formula is C17H17Cl2N3O3. The van der Waals surface area contributed by atoms with E-state index >= 15 is 0 Å². The van der Waals surface area contributed by atoms with Crippen LogP contribution in [-0.2, 0) is 11.4 Å². The van der Waals surface area contributed by atoms with E-state index in [1.807, 2.05) is 0 Å². The van der Waals surface area contributed by atoms with Crippen LogP contribution in [-0.4, -0.2) is 22.0 Å². The third-order valence-electron chi connectivity index (χ3n) is 3.88. The minimum Gasteiger partial charge on any atom is -0.474 e. The largest absolute Gasteiger partial charge is 0.474 e. The van der Waals surface area contributed by atoms with Crippen molar-refractivity contribution >= 4 is 29.1 Å². The standard InChI is InChI=1S/C17H17Cl2N3O3/c18-13-8-20-9-14(19)12(13)10-24-22-17(23)15-6-3-7-16(21-15)25-11-4-1-2-5-11/h3,6-9,11H,1-2,4-5,10H2,(H,22,23). The molecule has 0 aliphatic heterocycles. The molecule has 2 aromatic heterocycles. The van der Waals surface area contributed by atoms with E-state index in [0.717, 1.165) is 12.8 Å². The molecule has 0 unspecified atom stereocenters. The number of hydrogen-bond donors (Lipinski definition) is 1. The molecule has 0 saturated heterocycles. The lowest BCUT2D eigenvalue weighted by atomic mass is 10.3. The Morgan fingerprint density at radius 1 is 1.20 bits per heavy atom. The summed E-state index contributed by atoms with van der Waals surface area (Å²) in [7, 11) is 0. The number of pyridine rings is 2. The molecule has 1 amide bonds. The summed E-state index contributed by atoms with van der Waals surface area (Å²) < 4.78 is 5.80. The molecule has 25 heavy (non-hydrogen) atoms. The Morgan fingerprint density at radius 2 is 1.92 bits per heavy atom. The number of carbonyl (C=O) groups excluding carboxylic acids is 1. The highest BCUT2D eigenvalue weighted by Gasteiger charge is 2.18. The third-order valence-corrected chi connectivity index (χ3v) is 4.53. The molecule has 8 heteroatoms. The number of amides is 1. The zero-order valence-corrected chi connectivity index (χ0v) is 14.9. The predicted molar refractivity (Wildman–Crippen MR) is 93.6 cm³/mol. The van der Waals surface area contributed by atoms with Crippen molar-refractivity contribution in [2.75, 3.05) is 0 Å². The van der Waals surface area contributed by atoms with Crippen molar-refractivity contribution in [2.45, 2.75) is 38.4 Å². The van der Waals surface area contributed by atoms with Crippen molar-refractivity contribution in [3.63, 3.8) is 0 Å². The van der Waals surface area contributed by atoms with E-state index in [9.17, 15) is 4.79 Å². The van der Waals surface area contributed by atoms with Crippen molar-refractivity contribution in [2.24, 2.45) is 0 Å². The molecule has 2 aromatic rings. The second kappa shape index (κ2) is 8.47. The van der Waals surface area contributed by atoms with E-state index in [-0.39, 0.29) is 18.4 Å². The molecule has 1 N–H and O–H groups in total. The Morgan fingerprint density at radius 3 is 2.64 bits per heavy atom. The molecular weight excluding hydrogens is 365 g/mol. The van der Waals surface area contributed by atoms with Crippen LogP contribution in [0.15, 0.2) is 30.6 Å². The van der Waals surface area contributed by atoms with Gasteiger partial charge in [0.1, 0.15) is 18.4 Å². The first-order valence-corrected chi connectivity index (χ1v) is 8.73. The summed E-state index contributed by atoms with van der Waals surface area (Å²) >= 11 is 12.0. The molecule has 0 atom stereocenters. The maximum atomic E-state index is 12.2. The molecule has 6 nitrogen and oxygen atoms in total. The third kappa shape index (κ3) is 4.81. The molecule has 0 radical (unpaired) electrons. The quantitative estimate of drug-likeness (QED) is 0.766. The molecule has 132 valence electrons. The number of ether oxygens (including phenoxy) is 1. The zero-order chi connectivity index (χ0) is 17.6. The fourth-order valence-electron chi connectivity index (χ4n) is 2.59. The van der Waals surface area contributed by atoms with E-state index in [2.05, 4.69) is 15.4 Å². The van der Waals surface area contributed by atoms with Crippen LogP contribution in [0.2, 0.25) is 10.0 Å². The number of halogens is 2. The summed E-state index contributed by atoms with van der Waals surface area (Å²) in [5.41, 5.74) is 3.08. The number of aromatic nitrogens is 2. The van der Waals surface area contributed by atoms with Gasteiger partial charge in [0.15, 0.2) is 0 Å². The van der Waals surface area contributed by atoms with Crippen LogP contribution in [0.1, 0.15) is 41.7 Å². The van der Waals surface area contributed by atoms with Gasteiger partial charge in [0.25, 0.3) is 5.91 Å². The fraction of sp³-hybridized carbons (Fsp3) is 0.353. The summed E-state index contributed by atoms with van der Waals surface area (Å²) in [6, 6.07) is 5.06. The number of rotatable bonds is 6. The SMILES string of the molecule is O=C(NOCc1c(Cl)cncc1Cl)c1cccc(OC2CCCC2)n1. The first-order chi connectivity index (χ1) is 12.1. The van der Waals surface area contributed by atoms with Crippen LogP contribution in [0.5, 0.6) is 5.88 Å². The van der Waals surface area contributed by atoms with Crippen molar-refractivity contribution in [1.82, 2.24) is 15.4 Å². The molecule has 1 saturated carbocycles. The lowest BCUT2D eigenvalue weighted by Gasteiger charge is -2.12. The average molecular weight is 382 g/mol. The van der Waals surface area contributed by atoms with Gasteiger partial charge in [-0.05, 0) is 31.7 Å². The van der Waals surface area contributed by atoms with Crippen molar-refractivity contribution in [1.29, 1.82) is 0 Å². The minimum absolute atomic E-state index is 0.0180. The van der Waals surface area contributed by atoms with Crippen LogP contribution in [0.25, 0.3) is 0 Å². The average Bonchev–Trinajstić information content (AvgIpc) is 3.10. The highest BCUT2D eigenvalue weighted by Crippen LogP contribution is 2.24. The van der Waals surface area contributed by atoms with Gasteiger partial charge in [0.05, 0.1) is 10.0 Å². The number of carbonyl (C=O) groups is 1. The second-order valence-electron chi connectivity index (χ2n) is 5.69. The minimum atomic E-state index is -0.474. The van der Waals surface area contributed by atoms with E-state index in [4.69, 9.17) is 32.8 Å². The second-order valence-corrected chi connectivity index (χ2v) is 6.50. The van der Waals surface area contributed by atoms with Gasteiger partial charge < -0.3 is 4.74 Å². The Labute approximate surface area is 155 Å². The van der Waals surface area contributed by atoms with E-state index < -0.39 is 5.91 Å². The van der Waals surface area contributed by atoms with Gasteiger partial charge in [-0.1, -0.05) is 29.3 Å². The van der Waals surface area contributed by atoms with Crippen molar-refractivity contribution in [3.05, 3.63) is 51.9 Å². The Hall–Kier alpha value is -1.89. The van der Waals surface area contributed by atoms with Gasteiger partial charge in [0, 0.05) is 24.0 Å². The van der Waals surface area contributed by atoms with Gasteiger partial charge in [-0.25, -0.2) is 10.5 Å². The molecule has 1 aliphatic carbocycles. The van der Waals surface area contributed by atoms with Crippen LogP contribution in [0, 0.1) is 0 Å². The van der Waals surface area contributed by atoms with Crippen LogP contribution >= 0.6 is 23.2 Å². The molecule has 0 aromatic carbocycles. The monoisotopic (exact) mass is 381 g/mol. The van der Waals surface area contributed by atoms with Gasteiger partial charge in [-0.3, -0.25) is 14.6 Å². The maximum absolute atomic E-state index is 12.2. The number of nitrogens with one attached hydrogen (secondary N) is 1. The maximum Gasteiger partial charge on any atom is 0.293 e. The smallest absolute Gasteiger partial charge is 0.293 e. The summed E-state index contributed by atoms with van der Waals surface area (Å²) in [5.74, 6) is -0.0297. The van der Waals surface area contributed by atoms with Gasteiger partial charge in [-0.15, -0.1) is 0 Å². The molecule has 1 fully saturated rings. The first kappa shape index (κ1) is 17.9. The number of hydroxylamine groups is 1. The normalized spacial score (nSPS) is 14.5. The number of hydrogen-bond acceptors (Lipinski definition) is 5. The van der Waals surface area contributed by atoms with Gasteiger partial charge in [-0.2, -0.15) is 0 Å².